The van der Waals surface area contributed by atoms with Crippen molar-refractivity contribution in [2.75, 3.05) is 5.32 Å². The lowest BCUT2D eigenvalue weighted by Crippen LogP contribution is -2.35. The molecular weight excluding hydrogens is 224 g/mol. The van der Waals surface area contributed by atoms with Crippen LogP contribution in [0.25, 0.3) is 0 Å². The molecule has 1 aliphatic heterocycles. The van der Waals surface area contributed by atoms with E-state index in [1.807, 2.05) is 6.07 Å². The van der Waals surface area contributed by atoms with E-state index in [1.165, 1.54) is 18.4 Å². The van der Waals surface area contributed by atoms with Gasteiger partial charge in [-0.25, -0.2) is 0 Å². The van der Waals surface area contributed by atoms with E-state index in [4.69, 9.17) is 0 Å². The molecule has 0 bridgehead atoms. The van der Waals surface area contributed by atoms with Gasteiger partial charge < -0.3 is 5.32 Å². The highest BCUT2D eigenvalue weighted by Gasteiger charge is 2.35. The zero-order valence-electron chi connectivity index (χ0n) is 11.0. The molecule has 0 spiro atoms. The molecule has 1 amide bonds. The second-order valence-electron chi connectivity index (χ2n) is 5.49. The standard InChI is InChI=1S/C15H20N2O/c1-3-10-4-7-13-12(8-10)14(15(18)17-13)16-9(2)11-5-6-11/h4,7-9,11,14,16H,3,5-6H2,1-2H3,(H,17,18). The zero-order valence-corrected chi connectivity index (χ0v) is 11.0. The second kappa shape index (κ2) is 4.39. The molecule has 2 N–H and O–H groups in total. The Morgan fingerprint density at radius 3 is 2.89 bits per heavy atom. The van der Waals surface area contributed by atoms with Crippen LogP contribution in [-0.2, 0) is 11.2 Å². The van der Waals surface area contributed by atoms with Gasteiger partial charge in [0.15, 0.2) is 0 Å². The summed E-state index contributed by atoms with van der Waals surface area (Å²) in [7, 11) is 0. The Kier molecular flexibility index (Phi) is 2.86. The van der Waals surface area contributed by atoms with Crippen molar-refractivity contribution in [1.29, 1.82) is 0 Å². The molecule has 1 saturated carbocycles. The molecule has 2 unspecified atom stereocenters. The fourth-order valence-corrected chi connectivity index (χ4v) is 2.69. The minimum absolute atomic E-state index is 0.0887. The summed E-state index contributed by atoms with van der Waals surface area (Å²) in [6.45, 7) is 4.33. The number of anilines is 1. The first-order valence-corrected chi connectivity index (χ1v) is 6.88. The highest BCUT2D eigenvalue weighted by Crippen LogP contribution is 2.36. The average molecular weight is 244 g/mol. The number of aryl methyl sites for hydroxylation is 1. The number of carbonyl (C=O) groups is 1. The monoisotopic (exact) mass is 244 g/mol. The Morgan fingerprint density at radius 2 is 2.22 bits per heavy atom. The van der Waals surface area contributed by atoms with E-state index in [9.17, 15) is 4.79 Å². The van der Waals surface area contributed by atoms with Gasteiger partial charge in [0.2, 0.25) is 5.91 Å². The molecular formula is C15H20N2O. The van der Waals surface area contributed by atoms with Crippen molar-refractivity contribution in [3.05, 3.63) is 29.3 Å². The van der Waals surface area contributed by atoms with Gasteiger partial charge in [-0.3, -0.25) is 10.1 Å². The molecule has 18 heavy (non-hydrogen) atoms. The molecule has 0 radical (unpaired) electrons. The van der Waals surface area contributed by atoms with Crippen LogP contribution in [-0.4, -0.2) is 11.9 Å². The van der Waals surface area contributed by atoms with Gasteiger partial charge in [0.1, 0.15) is 6.04 Å². The van der Waals surface area contributed by atoms with Gasteiger partial charge in [-0.05, 0) is 43.7 Å². The van der Waals surface area contributed by atoms with Crippen molar-refractivity contribution in [3.8, 4) is 0 Å². The van der Waals surface area contributed by atoms with Crippen LogP contribution in [0.4, 0.5) is 5.69 Å². The van der Waals surface area contributed by atoms with E-state index >= 15 is 0 Å². The van der Waals surface area contributed by atoms with Crippen molar-refractivity contribution < 1.29 is 4.79 Å². The van der Waals surface area contributed by atoms with E-state index in [1.54, 1.807) is 0 Å². The van der Waals surface area contributed by atoms with E-state index in [0.29, 0.717) is 6.04 Å². The van der Waals surface area contributed by atoms with Crippen LogP contribution < -0.4 is 10.6 Å². The SMILES string of the molecule is CCc1ccc2c(c1)C(NC(C)C1CC1)C(=O)N2. The van der Waals surface area contributed by atoms with Crippen molar-refractivity contribution >= 4 is 11.6 Å². The fourth-order valence-electron chi connectivity index (χ4n) is 2.69. The Bertz CT molecular complexity index is 479. The molecule has 1 aromatic rings. The summed E-state index contributed by atoms with van der Waals surface area (Å²) in [5.41, 5.74) is 3.38. The van der Waals surface area contributed by atoms with Crippen LogP contribution in [0.2, 0.25) is 0 Å². The number of nitrogens with one attached hydrogen (secondary N) is 2. The van der Waals surface area contributed by atoms with Gasteiger partial charge >= 0.3 is 0 Å². The summed E-state index contributed by atoms with van der Waals surface area (Å²) in [5, 5.41) is 6.45. The maximum Gasteiger partial charge on any atom is 0.246 e. The van der Waals surface area contributed by atoms with Gasteiger partial charge in [-0.2, -0.15) is 0 Å². The van der Waals surface area contributed by atoms with Crippen LogP contribution >= 0.6 is 0 Å². The highest BCUT2D eigenvalue weighted by molar-refractivity contribution is 6.02. The minimum Gasteiger partial charge on any atom is -0.324 e. The Hall–Kier alpha value is -1.35. The predicted molar refractivity (Wildman–Crippen MR) is 72.5 cm³/mol. The minimum atomic E-state index is -0.165. The van der Waals surface area contributed by atoms with E-state index in [0.717, 1.165) is 23.6 Å². The predicted octanol–water partition coefficient (Wildman–Crippen LogP) is 2.63. The molecule has 0 saturated heterocycles. The van der Waals surface area contributed by atoms with Gasteiger partial charge in [0.25, 0.3) is 0 Å². The molecule has 96 valence electrons. The first kappa shape index (κ1) is 11.7. The maximum absolute atomic E-state index is 12.0. The van der Waals surface area contributed by atoms with Crippen LogP contribution in [0.5, 0.6) is 0 Å². The number of hydrogen-bond donors (Lipinski definition) is 2. The molecule has 0 aromatic heterocycles. The van der Waals surface area contributed by atoms with Crippen molar-refractivity contribution in [3.63, 3.8) is 0 Å². The largest absolute Gasteiger partial charge is 0.324 e. The van der Waals surface area contributed by atoms with E-state index in [-0.39, 0.29) is 11.9 Å². The van der Waals surface area contributed by atoms with Crippen molar-refractivity contribution in [2.45, 2.75) is 45.2 Å². The lowest BCUT2D eigenvalue weighted by Gasteiger charge is -2.18. The highest BCUT2D eigenvalue weighted by atomic mass is 16.2. The average Bonchev–Trinajstić information content (AvgIpc) is 3.16. The molecule has 1 aliphatic carbocycles. The number of benzene rings is 1. The Morgan fingerprint density at radius 1 is 1.44 bits per heavy atom. The van der Waals surface area contributed by atoms with Gasteiger partial charge in [0.05, 0.1) is 0 Å². The van der Waals surface area contributed by atoms with Gasteiger partial charge in [-0.15, -0.1) is 0 Å². The van der Waals surface area contributed by atoms with Crippen molar-refractivity contribution in [2.24, 2.45) is 5.92 Å². The molecule has 2 atom stereocenters. The summed E-state index contributed by atoms with van der Waals surface area (Å²) in [6, 6.07) is 6.53. The van der Waals surface area contributed by atoms with Crippen LogP contribution in [0, 0.1) is 5.92 Å². The Labute approximate surface area is 108 Å². The number of amides is 1. The number of hydrogen-bond acceptors (Lipinski definition) is 2. The second-order valence-corrected chi connectivity index (χ2v) is 5.49. The third kappa shape index (κ3) is 2.03. The molecule has 3 nitrogen and oxygen atoms in total. The van der Waals surface area contributed by atoms with Crippen LogP contribution in [0.15, 0.2) is 18.2 Å². The zero-order chi connectivity index (χ0) is 12.7. The number of fused-ring (bicyclic) bond motifs is 1. The smallest absolute Gasteiger partial charge is 0.246 e. The summed E-state index contributed by atoms with van der Waals surface area (Å²) in [4.78, 5) is 12.0. The fraction of sp³-hybridized carbons (Fsp3) is 0.533. The quantitative estimate of drug-likeness (QED) is 0.855. The normalized spacial score (nSPS) is 23.7. The maximum atomic E-state index is 12.0. The van der Waals surface area contributed by atoms with Gasteiger partial charge in [0, 0.05) is 17.3 Å². The first-order valence-electron chi connectivity index (χ1n) is 6.88. The van der Waals surface area contributed by atoms with Crippen LogP contribution in [0.3, 0.4) is 0 Å². The lowest BCUT2D eigenvalue weighted by molar-refractivity contribution is -0.117. The summed E-state index contributed by atoms with van der Waals surface area (Å²) in [5.74, 6) is 0.849. The summed E-state index contributed by atoms with van der Waals surface area (Å²) in [6.07, 6.45) is 3.60. The molecule has 1 heterocycles. The third-order valence-electron chi connectivity index (χ3n) is 4.11. The van der Waals surface area contributed by atoms with E-state index in [2.05, 4.69) is 36.6 Å². The van der Waals surface area contributed by atoms with Crippen LogP contribution in [0.1, 0.15) is 43.9 Å². The van der Waals surface area contributed by atoms with E-state index < -0.39 is 0 Å². The summed E-state index contributed by atoms with van der Waals surface area (Å²) >= 11 is 0. The third-order valence-corrected chi connectivity index (χ3v) is 4.11. The molecule has 2 aliphatic rings. The summed E-state index contributed by atoms with van der Waals surface area (Å²) < 4.78 is 0. The lowest BCUT2D eigenvalue weighted by atomic mass is 10.0. The van der Waals surface area contributed by atoms with Gasteiger partial charge in [-0.1, -0.05) is 19.1 Å². The molecule has 3 rings (SSSR count). The number of rotatable bonds is 4. The Balaban J connectivity index is 1.84. The topological polar surface area (TPSA) is 41.1 Å². The molecule has 1 fully saturated rings. The van der Waals surface area contributed by atoms with Crippen molar-refractivity contribution in [1.82, 2.24) is 5.32 Å². The molecule has 1 aromatic carbocycles. The number of carbonyl (C=O) groups excluding carboxylic acids is 1. The first-order chi connectivity index (χ1) is 8.69. The molecule has 3 heteroatoms.